The molecule has 0 heterocycles. The van der Waals surface area contributed by atoms with Crippen LogP contribution in [0, 0.1) is 5.92 Å². The Morgan fingerprint density at radius 2 is 1.71 bits per heavy atom. The summed E-state index contributed by atoms with van der Waals surface area (Å²) in [5, 5.41) is 0.668. The first-order valence-electron chi connectivity index (χ1n) is 6.94. The average molecular weight is 299 g/mol. The van der Waals surface area contributed by atoms with E-state index in [2.05, 4.69) is 0 Å². The molecule has 3 rings (SSSR count). The second kappa shape index (κ2) is 5.74. The molecule has 2 aromatic carbocycles. The fourth-order valence-corrected chi connectivity index (χ4v) is 2.79. The van der Waals surface area contributed by atoms with Crippen LogP contribution in [0.1, 0.15) is 18.1 Å². The second-order valence-corrected chi connectivity index (χ2v) is 5.33. The number of hydrogen-bond acceptors (Lipinski definition) is 2. The quantitative estimate of drug-likeness (QED) is 0.780. The minimum Gasteiger partial charge on any atom is -0.465 e. The zero-order valence-electron chi connectivity index (χ0n) is 11.7. The van der Waals surface area contributed by atoms with Gasteiger partial charge < -0.3 is 4.74 Å². The van der Waals surface area contributed by atoms with Crippen LogP contribution in [0.2, 0.25) is 5.02 Å². The Kier molecular flexibility index (Phi) is 3.80. The third kappa shape index (κ3) is 2.72. The molecule has 0 radical (unpaired) electrons. The zero-order valence-corrected chi connectivity index (χ0v) is 12.4. The van der Waals surface area contributed by atoms with Gasteiger partial charge in [-0.25, -0.2) is 0 Å². The molecule has 21 heavy (non-hydrogen) atoms. The summed E-state index contributed by atoms with van der Waals surface area (Å²) in [4.78, 5) is 12.2. The summed E-state index contributed by atoms with van der Waals surface area (Å²) in [5.41, 5.74) is 4.10. The van der Waals surface area contributed by atoms with E-state index in [0.29, 0.717) is 11.6 Å². The van der Waals surface area contributed by atoms with Crippen molar-refractivity contribution in [3.8, 4) is 0 Å². The SMILES string of the molecule is CCOC(=O)C1C(c2ccccc2)=C1c1cccc(Cl)c1. The summed E-state index contributed by atoms with van der Waals surface area (Å²) in [6, 6.07) is 17.5. The molecule has 0 amide bonds. The third-order valence-electron chi connectivity index (χ3n) is 3.53. The number of carbonyl (C=O) groups excluding carboxylic acids is 1. The van der Waals surface area contributed by atoms with Gasteiger partial charge in [0, 0.05) is 5.02 Å². The standard InChI is InChI=1S/C18H15ClO2/c1-2-21-18(20)17-15(12-7-4-3-5-8-12)16(17)13-9-6-10-14(19)11-13/h3-11,17H,2H2,1H3. The van der Waals surface area contributed by atoms with E-state index in [1.807, 2.05) is 61.5 Å². The van der Waals surface area contributed by atoms with E-state index in [4.69, 9.17) is 16.3 Å². The van der Waals surface area contributed by atoms with E-state index >= 15 is 0 Å². The smallest absolute Gasteiger partial charge is 0.317 e. The molecular formula is C18H15ClO2. The van der Waals surface area contributed by atoms with Gasteiger partial charge >= 0.3 is 5.97 Å². The maximum atomic E-state index is 12.2. The highest BCUT2D eigenvalue weighted by atomic mass is 35.5. The van der Waals surface area contributed by atoms with Crippen LogP contribution >= 0.6 is 11.6 Å². The molecule has 1 unspecified atom stereocenters. The number of halogens is 1. The van der Waals surface area contributed by atoms with Gasteiger partial charge in [0.05, 0.1) is 6.61 Å². The Hall–Kier alpha value is -2.06. The monoisotopic (exact) mass is 298 g/mol. The Balaban J connectivity index is 2.00. The van der Waals surface area contributed by atoms with Gasteiger partial charge in [0.1, 0.15) is 5.92 Å². The van der Waals surface area contributed by atoms with E-state index in [1.54, 1.807) is 0 Å². The number of benzene rings is 2. The van der Waals surface area contributed by atoms with Crippen LogP contribution in [-0.4, -0.2) is 12.6 Å². The number of ether oxygens (including phenoxy) is 1. The summed E-state index contributed by atoms with van der Waals surface area (Å²) >= 11 is 6.06. The molecule has 2 aromatic rings. The average Bonchev–Trinajstić information content (AvgIpc) is 3.24. The fraction of sp³-hybridized carbons (Fsp3) is 0.167. The van der Waals surface area contributed by atoms with Crippen LogP contribution in [0.25, 0.3) is 11.1 Å². The molecule has 0 fully saturated rings. The predicted molar refractivity (Wildman–Crippen MR) is 84.8 cm³/mol. The van der Waals surface area contributed by atoms with Gasteiger partial charge in [0.25, 0.3) is 0 Å². The Morgan fingerprint density at radius 1 is 1.05 bits per heavy atom. The van der Waals surface area contributed by atoms with Crippen molar-refractivity contribution in [2.75, 3.05) is 6.61 Å². The molecule has 0 saturated carbocycles. The number of hydrogen-bond donors (Lipinski definition) is 0. The highest BCUT2D eigenvalue weighted by molar-refractivity contribution is 6.31. The predicted octanol–water partition coefficient (Wildman–Crippen LogP) is 4.44. The molecule has 0 bridgehead atoms. The van der Waals surface area contributed by atoms with Gasteiger partial charge in [-0.3, -0.25) is 4.79 Å². The van der Waals surface area contributed by atoms with E-state index in [-0.39, 0.29) is 11.9 Å². The summed E-state index contributed by atoms with van der Waals surface area (Å²) < 4.78 is 5.19. The van der Waals surface area contributed by atoms with Crippen molar-refractivity contribution in [3.63, 3.8) is 0 Å². The van der Waals surface area contributed by atoms with Crippen LogP contribution < -0.4 is 0 Å². The maximum absolute atomic E-state index is 12.2. The summed E-state index contributed by atoms with van der Waals surface area (Å²) in [5.74, 6) is -0.461. The Labute approximate surface area is 129 Å². The normalized spacial score (nSPS) is 16.8. The van der Waals surface area contributed by atoms with Crippen LogP contribution in [0.5, 0.6) is 0 Å². The molecule has 1 aliphatic carbocycles. The molecular weight excluding hydrogens is 284 g/mol. The van der Waals surface area contributed by atoms with Crippen molar-refractivity contribution in [1.29, 1.82) is 0 Å². The maximum Gasteiger partial charge on any atom is 0.317 e. The summed E-state index contributed by atoms with van der Waals surface area (Å²) in [7, 11) is 0. The fourth-order valence-electron chi connectivity index (χ4n) is 2.60. The molecule has 2 nitrogen and oxygen atoms in total. The topological polar surface area (TPSA) is 26.3 Å². The van der Waals surface area contributed by atoms with E-state index in [0.717, 1.165) is 22.3 Å². The van der Waals surface area contributed by atoms with Crippen molar-refractivity contribution in [3.05, 3.63) is 70.7 Å². The van der Waals surface area contributed by atoms with E-state index in [9.17, 15) is 4.79 Å². The molecule has 1 aliphatic rings. The van der Waals surface area contributed by atoms with Gasteiger partial charge in [-0.1, -0.05) is 54.1 Å². The van der Waals surface area contributed by atoms with Crippen LogP contribution in [0.15, 0.2) is 54.6 Å². The van der Waals surface area contributed by atoms with Crippen LogP contribution in [0.3, 0.4) is 0 Å². The largest absolute Gasteiger partial charge is 0.465 e. The molecule has 1 atom stereocenters. The van der Waals surface area contributed by atoms with Gasteiger partial charge in [0.15, 0.2) is 0 Å². The molecule has 0 spiro atoms. The van der Waals surface area contributed by atoms with Crippen molar-refractivity contribution >= 4 is 28.7 Å². The van der Waals surface area contributed by atoms with Gasteiger partial charge in [-0.15, -0.1) is 0 Å². The van der Waals surface area contributed by atoms with Crippen LogP contribution in [-0.2, 0) is 9.53 Å². The molecule has 106 valence electrons. The molecule has 0 saturated heterocycles. The van der Waals surface area contributed by atoms with Gasteiger partial charge in [-0.05, 0) is 41.3 Å². The van der Waals surface area contributed by atoms with Crippen molar-refractivity contribution in [2.24, 2.45) is 5.92 Å². The van der Waals surface area contributed by atoms with Gasteiger partial charge in [0.2, 0.25) is 0 Å². The number of carbonyl (C=O) groups is 1. The first-order valence-corrected chi connectivity index (χ1v) is 7.32. The Bertz CT molecular complexity index is 704. The molecule has 0 aliphatic heterocycles. The molecule has 3 heteroatoms. The van der Waals surface area contributed by atoms with Crippen molar-refractivity contribution in [1.82, 2.24) is 0 Å². The van der Waals surface area contributed by atoms with E-state index in [1.165, 1.54) is 0 Å². The van der Waals surface area contributed by atoms with Crippen molar-refractivity contribution < 1.29 is 9.53 Å². The van der Waals surface area contributed by atoms with Gasteiger partial charge in [-0.2, -0.15) is 0 Å². The number of esters is 1. The minimum absolute atomic E-state index is 0.189. The lowest BCUT2D eigenvalue weighted by atomic mass is 10.1. The van der Waals surface area contributed by atoms with Crippen LogP contribution in [0.4, 0.5) is 0 Å². The zero-order chi connectivity index (χ0) is 14.8. The highest BCUT2D eigenvalue weighted by Crippen LogP contribution is 2.53. The van der Waals surface area contributed by atoms with Crippen molar-refractivity contribution in [2.45, 2.75) is 6.92 Å². The third-order valence-corrected chi connectivity index (χ3v) is 3.76. The Morgan fingerprint density at radius 3 is 2.38 bits per heavy atom. The lowest BCUT2D eigenvalue weighted by Crippen LogP contribution is -2.09. The molecule has 0 aromatic heterocycles. The second-order valence-electron chi connectivity index (χ2n) is 4.89. The first-order chi connectivity index (χ1) is 10.2. The first kappa shape index (κ1) is 13.9. The lowest BCUT2D eigenvalue weighted by molar-refractivity contribution is -0.143. The van der Waals surface area contributed by atoms with E-state index < -0.39 is 0 Å². The minimum atomic E-state index is -0.272. The lowest BCUT2D eigenvalue weighted by Gasteiger charge is -2.03. The molecule has 0 N–H and O–H groups in total. The summed E-state index contributed by atoms with van der Waals surface area (Å²) in [6.07, 6.45) is 0. The highest BCUT2D eigenvalue weighted by Gasteiger charge is 2.44. The number of rotatable bonds is 4. The summed E-state index contributed by atoms with van der Waals surface area (Å²) in [6.45, 7) is 2.21.